The molecule has 33 heavy (non-hydrogen) atoms. The number of rotatable bonds is 4. The summed E-state index contributed by atoms with van der Waals surface area (Å²) in [6.07, 6.45) is 6.82. The topological polar surface area (TPSA) is 41.6 Å². The molecule has 0 saturated carbocycles. The molecule has 2 unspecified atom stereocenters. The molecule has 194 valence electrons. The monoisotopic (exact) mass is 468 g/mol. The van der Waals surface area contributed by atoms with E-state index >= 15 is 0 Å². The third kappa shape index (κ3) is 11.3. The zero-order valence-corrected chi connectivity index (χ0v) is 23.5. The van der Waals surface area contributed by atoms with Crippen molar-refractivity contribution in [2.24, 2.45) is 11.3 Å². The van der Waals surface area contributed by atoms with Gasteiger partial charge in [-0.1, -0.05) is 73.6 Å². The summed E-state index contributed by atoms with van der Waals surface area (Å²) < 4.78 is 20.4. The molecular weight excluding hydrogens is 415 g/mol. The fourth-order valence-corrected chi connectivity index (χ4v) is 3.74. The molecule has 1 heterocycles. The molecule has 0 radical (unpaired) electrons. The number of hydrogen-bond donors (Lipinski definition) is 1. The third-order valence-corrected chi connectivity index (χ3v) is 5.25. The Morgan fingerprint density at radius 2 is 1.82 bits per heavy atom. The normalized spacial score (nSPS) is 21.9. The first-order valence-electron chi connectivity index (χ1n) is 12.9. The molecule has 0 aromatic rings. The van der Waals surface area contributed by atoms with Gasteiger partial charge in [0.15, 0.2) is 0 Å². The van der Waals surface area contributed by atoms with Gasteiger partial charge >= 0.3 is 6.09 Å². The summed E-state index contributed by atoms with van der Waals surface area (Å²) in [5.41, 5.74) is 0.522. The molecule has 1 saturated heterocycles. The van der Waals surface area contributed by atoms with Crippen LogP contribution in [0.1, 0.15) is 102 Å². The second kappa shape index (κ2) is 16.8. The zero-order valence-electron chi connectivity index (χ0n) is 23.5. The van der Waals surface area contributed by atoms with Crippen LogP contribution in [-0.2, 0) is 4.74 Å². The van der Waals surface area contributed by atoms with E-state index in [0.29, 0.717) is 26.1 Å². The van der Waals surface area contributed by atoms with Crippen molar-refractivity contribution in [2.75, 3.05) is 19.6 Å². The lowest BCUT2D eigenvalue weighted by Gasteiger charge is -2.48. The average Bonchev–Trinajstić information content (AvgIpc) is 2.76. The number of ether oxygens (including phenoxy) is 1. The number of hydrogen-bond acceptors (Lipinski definition) is 3. The summed E-state index contributed by atoms with van der Waals surface area (Å²) in [5.74, 6) is 0.172. The lowest BCUT2D eigenvalue weighted by molar-refractivity contribution is -0.000865. The van der Waals surface area contributed by atoms with Crippen molar-refractivity contribution in [1.82, 2.24) is 10.2 Å². The number of nitrogens with zero attached hydrogens (tertiary/aromatic N) is 1. The largest absolute Gasteiger partial charge is 0.444 e. The van der Waals surface area contributed by atoms with Crippen molar-refractivity contribution < 1.29 is 13.9 Å². The number of likely N-dealkylation sites (tertiary alicyclic amines) is 1. The Morgan fingerprint density at radius 3 is 2.27 bits per heavy atom. The number of halogens is 1. The fourth-order valence-electron chi connectivity index (χ4n) is 3.74. The van der Waals surface area contributed by atoms with Gasteiger partial charge < -0.3 is 15.0 Å². The zero-order chi connectivity index (χ0) is 26.2. The molecule has 2 aliphatic rings. The molecule has 2 rings (SSSR count). The molecule has 1 fully saturated rings. The highest BCUT2D eigenvalue weighted by Gasteiger charge is 2.46. The van der Waals surface area contributed by atoms with Crippen molar-refractivity contribution in [1.29, 1.82) is 0 Å². The molecule has 1 amide bonds. The van der Waals surface area contributed by atoms with E-state index in [2.05, 4.69) is 32.7 Å². The minimum absolute atomic E-state index is 0.0612. The smallest absolute Gasteiger partial charge is 0.410 e. The van der Waals surface area contributed by atoms with Crippen molar-refractivity contribution in [3.63, 3.8) is 0 Å². The fraction of sp³-hybridized carbons (Fsp3) is 0.750. The van der Waals surface area contributed by atoms with Crippen LogP contribution in [0.2, 0.25) is 0 Å². The Labute approximate surface area is 204 Å². The summed E-state index contributed by atoms with van der Waals surface area (Å²) in [6.45, 7) is 27.4. The second-order valence-electron chi connectivity index (χ2n) is 9.35. The maximum atomic E-state index is 14.8. The van der Waals surface area contributed by atoms with Crippen LogP contribution in [0.25, 0.3) is 0 Å². The molecule has 5 heteroatoms. The molecule has 0 aromatic carbocycles. The Bertz CT molecular complexity index is 634. The van der Waals surface area contributed by atoms with E-state index in [-0.39, 0.29) is 17.8 Å². The first kappa shape index (κ1) is 33.4. The van der Waals surface area contributed by atoms with Gasteiger partial charge in [0.1, 0.15) is 11.4 Å². The van der Waals surface area contributed by atoms with E-state index in [0.717, 1.165) is 24.1 Å². The summed E-state index contributed by atoms with van der Waals surface area (Å²) in [6, 6.07) is 0. The van der Waals surface area contributed by atoms with Crippen LogP contribution in [0.15, 0.2) is 35.8 Å². The third-order valence-electron chi connectivity index (χ3n) is 5.25. The second-order valence-corrected chi connectivity index (χ2v) is 9.35. The Balaban J connectivity index is 0. The van der Waals surface area contributed by atoms with E-state index in [9.17, 15) is 9.18 Å². The van der Waals surface area contributed by atoms with Crippen LogP contribution in [0.3, 0.4) is 0 Å². The molecule has 1 N–H and O–H groups in total. The van der Waals surface area contributed by atoms with E-state index in [4.69, 9.17) is 4.74 Å². The standard InChI is InChI=1S/C21H33FN2O2.C3H8.2C2H6/c1-15(2)23-13-21(17-9-7-8-10-18(17)22)14-24(12-11-16(21)3)19(25)26-20(4,5)6;1-3-2;2*1-2/h7,9,16,23H,1,8,10-14H2,2-6H3;3H2,1-2H3;2*1-2H3. The van der Waals surface area contributed by atoms with Crippen molar-refractivity contribution in [3.05, 3.63) is 35.8 Å². The summed E-state index contributed by atoms with van der Waals surface area (Å²) in [5, 5.41) is 3.30. The summed E-state index contributed by atoms with van der Waals surface area (Å²) in [4.78, 5) is 14.4. The van der Waals surface area contributed by atoms with E-state index in [1.165, 1.54) is 6.42 Å². The van der Waals surface area contributed by atoms with E-state index in [1.54, 1.807) is 4.90 Å². The molecule has 4 nitrogen and oxygen atoms in total. The van der Waals surface area contributed by atoms with Crippen LogP contribution in [0.5, 0.6) is 0 Å². The molecule has 1 aliphatic heterocycles. The average molecular weight is 469 g/mol. The van der Waals surface area contributed by atoms with Crippen molar-refractivity contribution in [2.45, 2.75) is 107 Å². The lowest BCUT2D eigenvalue weighted by atomic mass is 9.65. The molecule has 0 aromatic heterocycles. The Morgan fingerprint density at radius 1 is 1.27 bits per heavy atom. The SMILES string of the molecule is C=C(C)NCC1(C2=C(F)CCC=C2)CN(C(=O)OC(C)(C)C)CCC1C.CC.CC.CCC. The molecular formula is C28H53FN2O2. The Kier molecular flexibility index (Phi) is 17.0. The van der Waals surface area contributed by atoms with Gasteiger partial charge in [0.05, 0.1) is 0 Å². The van der Waals surface area contributed by atoms with Crippen LogP contribution in [-0.4, -0.2) is 36.2 Å². The lowest BCUT2D eigenvalue weighted by Crippen LogP contribution is -2.55. The number of allylic oxidation sites excluding steroid dienone is 4. The predicted molar refractivity (Wildman–Crippen MR) is 142 cm³/mol. The number of nitrogens with one attached hydrogen (secondary N) is 1. The van der Waals surface area contributed by atoms with Gasteiger partial charge in [-0.3, -0.25) is 0 Å². The first-order valence-corrected chi connectivity index (χ1v) is 12.9. The molecule has 2 atom stereocenters. The van der Waals surface area contributed by atoms with Crippen molar-refractivity contribution in [3.8, 4) is 0 Å². The van der Waals surface area contributed by atoms with Gasteiger partial charge in [0.25, 0.3) is 0 Å². The van der Waals surface area contributed by atoms with Crippen molar-refractivity contribution >= 4 is 6.09 Å². The maximum absolute atomic E-state index is 14.8. The highest BCUT2D eigenvalue weighted by atomic mass is 19.1. The number of carbonyl (C=O) groups is 1. The van der Waals surface area contributed by atoms with Crippen LogP contribution in [0.4, 0.5) is 9.18 Å². The molecule has 0 spiro atoms. The van der Waals surface area contributed by atoms with E-state index in [1.807, 2.05) is 67.5 Å². The first-order chi connectivity index (χ1) is 15.5. The van der Waals surface area contributed by atoms with Gasteiger partial charge in [0, 0.05) is 37.2 Å². The number of piperidine rings is 1. The summed E-state index contributed by atoms with van der Waals surface area (Å²) >= 11 is 0. The predicted octanol–water partition coefficient (Wildman–Crippen LogP) is 8.42. The van der Waals surface area contributed by atoms with Gasteiger partial charge in [-0.25, -0.2) is 9.18 Å². The van der Waals surface area contributed by atoms with Crippen LogP contribution >= 0.6 is 0 Å². The van der Waals surface area contributed by atoms with Crippen LogP contribution < -0.4 is 5.32 Å². The van der Waals surface area contributed by atoms with Crippen LogP contribution in [0, 0.1) is 11.3 Å². The Hall–Kier alpha value is -1.78. The molecule has 1 aliphatic carbocycles. The highest BCUT2D eigenvalue weighted by molar-refractivity contribution is 5.68. The highest BCUT2D eigenvalue weighted by Crippen LogP contribution is 2.45. The van der Waals surface area contributed by atoms with Gasteiger partial charge in [-0.2, -0.15) is 0 Å². The maximum Gasteiger partial charge on any atom is 0.410 e. The minimum atomic E-state index is -0.548. The molecule has 0 bridgehead atoms. The minimum Gasteiger partial charge on any atom is -0.444 e. The van der Waals surface area contributed by atoms with Gasteiger partial charge in [0.2, 0.25) is 0 Å². The number of amides is 1. The van der Waals surface area contributed by atoms with Gasteiger partial charge in [-0.15, -0.1) is 0 Å². The van der Waals surface area contributed by atoms with Gasteiger partial charge in [-0.05, 0) is 52.0 Å². The number of carbonyl (C=O) groups excluding carboxylic acids is 1. The van der Waals surface area contributed by atoms with E-state index < -0.39 is 11.0 Å². The summed E-state index contributed by atoms with van der Waals surface area (Å²) in [7, 11) is 0. The quantitative estimate of drug-likeness (QED) is 0.450.